The van der Waals surface area contributed by atoms with Crippen LogP contribution in [0.4, 0.5) is 20.2 Å². The van der Waals surface area contributed by atoms with Gasteiger partial charge < -0.3 is 11.1 Å². The molecular formula is C13H9F2IN2S. The first kappa shape index (κ1) is 14.1. The molecule has 2 aromatic carbocycles. The van der Waals surface area contributed by atoms with Crippen LogP contribution in [0.5, 0.6) is 0 Å². The number of hydrogen-bond acceptors (Lipinski definition) is 2. The molecule has 6 heteroatoms. The van der Waals surface area contributed by atoms with Crippen molar-refractivity contribution in [3.63, 3.8) is 0 Å². The van der Waals surface area contributed by atoms with Crippen LogP contribution >= 0.6 is 34.8 Å². The van der Waals surface area contributed by atoms with Gasteiger partial charge in [-0.05, 0) is 46.9 Å². The zero-order valence-corrected chi connectivity index (χ0v) is 12.6. The average Bonchev–Trinajstić information content (AvgIpc) is 2.37. The maximum Gasteiger partial charge on any atom is 0.182 e. The van der Waals surface area contributed by atoms with Crippen LogP contribution in [0.25, 0.3) is 0 Å². The summed E-state index contributed by atoms with van der Waals surface area (Å²) in [6.07, 6.45) is 0. The zero-order valence-electron chi connectivity index (χ0n) is 9.58. The van der Waals surface area contributed by atoms with E-state index in [-0.39, 0.29) is 16.2 Å². The fraction of sp³-hybridized carbons (Fsp3) is 0. The molecule has 0 fully saturated rings. The Morgan fingerprint density at radius 2 is 1.74 bits per heavy atom. The molecule has 0 unspecified atom stereocenters. The number of thiocarbonyl (C=S) groups is 1. The van der Waals surface area contributed by atoms with Gasteiger partial charge in [-0.25, -0.2) is 8.78 Å². The first-order valence-electron chi connectivity index (χ1n) is 5.30. The first-order chi connectivity index (χ1) is 9.00. The largest absolute Gasteiger partial charge is 0.389 e. The number of nitrogens with two attached hydrogens (primary N) is 1. The SMILES string of the molecule is NC(=S)c1ccc(Nc2ccccc2I)c(F)c1F. The van der Waals surface area contributed by atoms with Gasteiger partial charge in [-0.3, -0.25) is 0 Å². The molecule has 0 saturated heterocycles. The summed E-state index contributed by atoms with van der Waals surface area (Å²) in [5.41, 5.74) is 5.96. The Kier molecular flexibility index (Phi) is 4.31. The van der Waals surface area contributed by atoms with Crippen LogP contribution in [0.15, 0.2) is 36.4 Å². The van der Waals surface area contributed by atoms with Crippen molar-refractivity contribution in [2.24, 2.45) is 5.73 Å². The van der Waals surface area contributed by atoms with Crippen molar-refractivity contribution in [1.82, 2.24) is 0 Å². The Hall–Kier alpha value is -1.28. The van der Waals surface area contributed by atoms with E-state index in [1.54, 1.807) is 6.07 Å². The standard InChI is InChI=1S/C13H9F2IN2S/c14-11-7(13(17)19)5-6-10(12(11)15)18-9-4-2-1-3-8(9)16/h1-6,18H,(H2,17,19). The van der Waals surface area contributed by atoms with E-state index in [0.717, 1.165) is 3.57 Å². The molecule has 0 saturated carbocycles. The van der Waals surface area contributed by atoms with Gasteiger partial charge in [0.25, 0.3) is 0 Å². The summed E-state index contributed by atoms with van der Waals surface area (Å²) >= 11 is 6.76. The van der Waals surface area contributed by atoms with Gasteiger partial charge in [0.1, 0.15) is 4.99 Å². The summed E-state index contributed by atoms with van der Waals surface area (Å²) in [5, 5.41) is 2.84. The third-order valence-electron chi connectivity index (χ3n) is 2.49. The van der Waals surface area contributed by atoms with Crippen molar-refractivity contribution in [1.29, 1.82) is 0 Å². The highest BCUT2D eigenvalue weighted by molar-refractivity contribution is 14.1. The van der Waals surface area contributed by atoms with E-state index in [0.29, 0.717) is 5.69 Å². The van der Waals surface area contributed by atoms with Crippen molar-refractivity contribution in [2.45, 2.75) is 0 Å². The highest BCUT2D eigenvalue weighted by atomic mass is 127. The lowest BCUT2D eigenvalue weighted by Gasteiger charge is -2.11. The Labute approximate surface area is 128 Å². The van der Waals surface area contributed by atoms with Gasteiger partial charge in [0, 0.05) is 9.13 Å². The van der Waals surface area contributed by atoms with Gasteiger partial charge in [-0.1, -0.05) is 24.4 Å². The monoisotopic (exact) mass is 390 g/mol. The average molecular weight is 390 g/mol. The van der Waals surface area contributed by atoms with Crippen LogP contribution in [0.2, 0.25) is 0 Å². The quantitative estimate of drug-likeness (QED) is 0.616. The molecule has 2 aromatic rings. The van der Waals surface area contributed by atoms with Crippen LogP contribution in [-0.4, -0.2) is 4.99 Å². The minimum atomic E-state index is -1.04. The number of nitrogens with one attached hydrogen (secondary N) is 1. The molecule has 0 bridgehead atoms. The molecule has 0 atom stereocenters. The minimum Gasteiger partial charge on any atom is -0.389 e. The van der Waals surface area contributed by atoms with Crippen LogP contribution in [0, 0.1) is 15.2 Å². The molecule has 0 amide bonds. The molecule has 98 valence electrons. The van der Waals surface area contributed by atoms with Crippen LogP contribution in [0.1, 0.15) is 5.56 Å². The molecule has 19 heavy (non-hydrogen) atoms. The zero-order chi connectivity index (χ0) is 14.0. The smallest absolute Gasteiger partial charge is 0.182 e. The lowest BCUT2D eigenvalue weighted by atomic mass is 10.1. The number of hydrogen-bond donors (Lipinski definition) is 2. The first-order valence-corrected chi connectivity index (χ1v) is 6.78. The second-order valence-electron chi connectivity index (χ2n) is 3.76. The Balaban J connectivity index is 2.40. The maximum atomic E-state index is 13.9. The molecule has 0 aliphatic heterocycles. The van der Waals surface area contributed by atoms with Crippen molar-refractivity contribution in [2.75, 3.05) is 5.32 Å². The van der Waals surface area contributed by atoms with Crippen molar-refractivity contribution >= 4 is 51.2 Å². The minimum absolute atomic E-state index is 0.0432. The fourth-order valence-corrected chi connectivity index (χ4v) is 2.22. The highest BCUT2D eigenvalue weighted by Crippen LogP contribution is 2.26. The van der Waals surface area contributed by atoms with Gasteiger partial charge in [-0.15, -0.1) is 0 Å². The number of anilines is 2. The second kappa shape index (κ2) is 5.79. The molecule has 0 aliphatic carbocycles. The molecule has 2 nitrogen and oxygen atoms in total. The lowest BCUT2D eigenvalue weighted by Crippen LogP contribution is -2.13. The van der Waals surface area contributed by atoms with Gasteiger partial charge in [-0.2, -0.15) is 0 Å². The molecule has 0 spiro atoms. The summed E-state index contributed by atoms with van der Waals surface area (Å²) in [5.74, 6) is -2.03. The summed E-state index contributed by atoms with van der Waals surface area (Å²) in [6.45, 7) is 0. The Morgan fingerprint density at radius 1 is 1.05 bits per heavy atom. The summed E-state index contributed by atoms with van der Waals surface area (Å²) in [4.78, 5) is -0.169. The molecule has 0 aliphatic rings. The molecule has 0 heterocycles. The van der Waals surface area contributed by atoms with E-state index >= 15 is 0 Å². The summed E-state index contributed by atoms with van der Waals surface area (Å²) < 4.78 is 28.5. The number of benzene rings is 2. The molecular weight excluding hydrogens is 381 g/mol. The van der Waals surface area contributed by atoms with E-state index in [2.05, 4.69) is 40.1 Å². The summed E-state index contributed by atoms with van der Waals surface area (Å²) in [7, 11) is 0. The normalized spacial score (nSPS) is 10.3. The van der Waals surface area contributed by atoms with Gasteiger partial charge in [0.2, 0.25) is 0 Å². The maximum absolute atomic E-state index is 13.9. The summed E-state index contributed by atoms with van der Waals surface area (Å²) in [6, 6.07) is 10.1. The van der Waals surface area contributed by atoms with Gasteiger partial charge >= 0.3 is 0 Å². The molecule has 0 radical (unpaired) electrons. The Morgan fingerprint density at radius 3 is 2.37 bits per heavy atom. The third-order valence-corrected chi connectivity index (χ3v) is 3.65. The topological polar surface area (TPSA) is 38.0 Å². The van der Waals surface area contributed by atoms with E-state index < -0.39 is 11.6 Å². The van der Waals surface area contributed by atoms with Crippen LogP contribution in [0.3, 0.4) is 0 Å². The van der Waals surface area contributed by atoms with E-state index in [4.69, 9.17) is 5.73 Å². The lowest BCUT2D eigenvalue weighted by molar-refractivity contribution is 0.510. The van der Waals surface area contributed by atoms with Crippen LogP contribution < -0.4 is 11.1 Å². The number of rotatable bonds is 3. The fourth-order valence-electron chi connectivity index (χ4n) is 1.54. The number of halogens is 3. The number of para-hydroxylation sites is 1. The third kappa shape index (κ3) is 3.01. The van der Waals surface area contributed by atoms with Gasteiger partial charge in [0.05, 0.1) is 11.4 Å². The van der Waals surface area contributed by atoms with E-state index in [1.807, 2.05) is 18.2 Å². The predicted molar refractivity (Wildman–Crippen MR) is 84.7 cm³/mol. The highest BCUT2D eigenvalue weighted by Gasteiger charge is 2.15. The molecule has 0 aromatic heterocycles. The van der Waals surface area contributed by atoms with E-state index in [9.17, 15) is 8.78 Å². The van der Waals surface area contributed by atoms with Crippen LogP contribution in [-0.2, 0) is 0 Å². The van der Waals surface area contributed by atoms with Crippen molar-refractivity contribution in [3.05, 3.63) is 57.2 Å². The van der Waals surface area contributed by atoms with Crippen molar-refractivity contribution < 1.29 is 8.78 Å². The molecule has 3 N–H and O–H groups in total. The molecule has 2 rings (SSSR count). The van der Waals surface area contributed by atoms with Gasteiger partial charge in [0.15, 0.2) is 11.6 Å². The second-order valence-corrected chi connectivity index (χ2v) is 5.36. The van der Waals surface area contributed by atoms with E-state index in [1.165, 1.54) is 12.1 Å². The Bertz CT molecular complexity index is 647. The van der Waals surface area contributed by atoms with Crippen molar-refractivity contribution in [3.8, 4) is 0 Å². The predicted octanol–water partition coefficient (Wildman–Crippen LogP) is 3.95.